The number of benzene rings is 1. The molecule has 1 aromatic carbocycles. The van der Waals surface area contributed by atoms with Crippen LogP contribution < -0.4 is 10.6 Å². The fraction of sp³-hybridized carbons (Fsp3) is 0.542. The number of ether oxygens (including phenoxy) is 1. The van der Waals surface area contributed by atoms with Gasteiger partial charge in [-0.15, -0.1) is 0 Å². The minimum absolute atomic E-state index is 0.0197. The van der Waals surface area contributed by atoms with E-state index in [4.69, 9.17) is 26.1 Å². The van der Waals surface area contributed by atoms with Gasteiger partial charge in [-0.3, -0.25) is 4.98 Å². The van der Waals surface area contributed by atoms with Crippen LogP contribution in [0.5, 0.6) is 0 Å². The van der Waals surface area contributed by atoms with Gasteiger partial charge < -0.3 is 15.4 Å². The lowest BCUT2D eigenvalue weighted by molar-refractivity contribution is -0.526. The van der Waals surface area contributed by atoms with Gasteiger partial charge in [-0.05, 0) is 56.9 Å². The predicted octanol–water partition coefficient (Wildman–Crippen LogP) is 4.98. The van der Waals surface area contributed by atoms with E-state index in [0.29, 0.717) is 11.1 Å². The second-order valence-corrected chi connectivity index (χ2v) is 9.51. The molecule has 2 atom stereocenters. The normalized spacial score (nSPS) is 32.8. The van der Waals surface area contributed by atoms with E-state index in [1.54, 1.807) is 0 Å². The van der Waals surface area contributed by atoms with Crippen LogP contribution in [0.4, 0.5) is 5.69 Å². The van der Waals surface area contributed by atoms with Gasteiger partial charge >= 0.3 is 0 Å². The maximum atomic E-state index is 6.41. The summed E-state index contributed by atoms with van der Waals surface area (Å²) in [4.78, 5) is 16.1. The third-order valence-electron chi connectivity index (χ3n) is 6.77. The first kappa shape index (κ1) is 21.2. The average molecular weight is 444 g/mol. The number of halogens is 1. The molecule has 31 heavy (non-hydrogen) atoms. The third kappa shape index (κ3) is 4.45. The van der Waals surface area contributed by atoms with Gasteiger partial charge in [-0.2, -0.15) is 0 Å². The molecule has 1 spiro atoms. The van der Waals surface area contributed by atoms with Crippen LogP contribution in [0.1, 0.15) is 45.4 Å². The maximum absolute atomic E-state index is 6.41. The molecule has 0 amide bonds. The number of pyridine rings is 1. The fourth-order valence-corrected chi connectivity index (χ4v) is 4.99. The summed E-state index contributed by atoms with van der Waals surface area (Å²) in [5.74, 6) is -0.598. The Bertz CT molecular complexity index is 960. The summed E-state index contributed by atoms with van der Waals surface area (Å²) in [6.07, 6.45) is 11.8. The Morgan fingerprint density at radius 3 is 2.87 bits per heavy atom. The molecule has 2 fully saturated rings. The van der Waals surface area contributed by atoms with Crippen molar-refractivity contribution in [3.63, 3.8) is 0 Å². The molecule has 7 heteroatoms. The number of hydrogen-bond donors (Lipinski definition) is 2. The minimum atomic E-state index is -0.598. The maximum Gasteiger partial charge on any atom is 0.202 e. The molecule has 2 heterocycles. The van der Waals surface area contributed by atoms with Crippen molar-refractivity contribution in [1.82, 2.24) is 10.3 Å². The molecule has 6 nitrogen and oxygen atoms in total. The highest BCUT2D eigenvalue weighted by Crippen LogP contribution is 2.44. The number of nitrogens with zero attached hydrogens (tertiary/aromatic N) is 1. The standard InChI is InChI=1S/C24H30ClN3O3/c1-23-10-3-2-4-22(23)29-24(31-30-23)11-7-18(8-12-24)26-14-15-28-20-9-13-27-21-16-17(25)5-6-19(20)21/h2,4-6,9,13,16,18,22,26H,3,7-8,10-12,14-15H2,1H3,(H,27,28). The van der Waals surface area contributed by atoms with Crippen LogP contribution >= 0.6 is 11.6 Å². The summed E-state index contributed by atoms with van der Waals surface area (Å²) in [6.45, 7) is 3.80. The molecule has 2 aromatic rings. The molecule has 0 bridgehead atoms. The molecule has 2 aliphatic carbocycles. The topological polar surface area (TPSA) is 64.6 Å². The smallest absolute Gasteiger partial charge is 0.202 e. The highest BCUT2D eigenvalue weighted by atomic mass is 35.5. The first-order valence-corrected chi connectivity index (χ1v) is 11.7. The van der Waals surface area contributed by atoms with Crippen molar-refractivity contribution < 1.29 is 14.5 Å². The van der Waals surface area contributed by atoms with Crippen LogP contribution in [0.25, 0.3) is 10.9 Å². The molecule has 2 N–H and O–H groups in total. The van der Waals surface area contributed by atoms with Crippen LogP contribution in [0.15, 0.2) is 42.6 Å². The molecule has 5 rings (SSSR count). The quantitative estimate of drug-likeness (QED) is 0.386. The van der Waals surface area contributed by atoms with E-state index in [2.05, 4.69) is 34.7 Å². The van der Waals surface area contributed by atoms with Crippen LogP contribution in [0.2, 0.25) is 5.02 Å². The van der Waals surface area contributed by atoms with Crippen molar-refractivity contribution >= 4 is 28.2 Å². The first-order chi connectivity index (χ1) is 15.1. The van der Waals surface area contributed by atoms with Gasteiger partial charge in [0, 0.05) is 54.3 Å². The van der Waals surface area contributed by atoms with Crippen LogP contribution in [0, 0.1) is 0 Å². The van der Waals surface area contributed by atoms with Gasteiger partial charge in [0.15, 0.2) is 0 Å². The molecule has 1 aliphatic heterocycles. The Morgan fingerprint density at radius 1 is 1.13 bits per heavy atom. The van der Waals surface area contributed by atoms with E-state index < -0.39 is 5.79 Å². The van der Waals surface area contributed by atoms with Crippen LogP contribution in [-0.2, 0) is 14.5 Å². The van der Waals surface area contributed by atoms with Crippen LogP contribution in [0.3, 0.4) is 0 Å². The van der Waals surface area contributed by atoms with Gasteiger partial charge in [-0.25, -0.2) is 9.78 Å². The number of fused-ring (bicyclic) bond motifs is 2. The molecule has 1 saturated carbocycles. The Kier molecular flexibility index (Phi) is 5.92. The summed E-state index contributed by atoms with van der Waals surface area (Å²) in [6, 6.07) is 8.27. The number of anilines is 1. The third-order valence-corrected chi connectivity index (χ3v) is 7.01. The highest BCUT2D eigenvalue weighted by molar-refractivity contribution is 6.31. The van der Waals surface area contributed by atoms with Crippen molar-refractivity contribution in [3.05, 3.63) is 47.6 Å². The SMILES string of the molecule is CC12CCC=CC1OC1(CCC(NCCNc3ccnc4cc(Cl)ccc34)CC1)OO2. The molecule has 1 aromatic heterocycles. The van der Waals surface area contributed by atoms with Gasteiger partial charge in [0.05, 0.1) is 5.52 Å². The number of hydrogen-bond acceptors (Lipinski definition) is 6. The van der Waals surface area contributed by atoms with Gasteiger partial charge in [-0.1, -0.05) is 23.8 Å². The summed E-state index contributed by atoms with van der Waals surface area (Å²) in [5.41, 5.74) is 1.63. The van der Waals surface area contributed by atoms with Crippen molar-refractivity contribution in [2.45, 2.75) is 69.0 Å². The van der Waals surface area contributed by atoms with Crippen molar-refractivity contribution in [1.29, 1.82) is 0 Å². The van der Waals surface area contributed by atoms with E-state index in [-0.39, 0.29) is 11.7 Å². The number of allylic oxidation sites excluding steroid dienone is 1. The second-order valence-electron chi connectivity index (χ2n) is 9.07. The average Bonchev–Trinajstić information content (AvgIpc) is 2.78. The number of rotatable bonds is 5. The summed E-state index contributed by atoms with van der Waals surface area (Å²) in [7, 11) is 0. The number of nitrogens with one attached hydrogen (secondary N) is 2. The van der Waals surface area contributed by atoms with Gasteiger partial charge in [0.2, 0.25) is 5.79 Å². The molecule has 166 valence electrons. The Hall–Kier alpha value is -1.70. The fourth-order valence-electron chi connectivity index (χ4n) is 4.82. The largest absolute Gasteiger partial charge is 0.383 e. The van der Waals surface area contributed by atoms with Crippen LogP contribution in [-0.4, -0.2) is 41.6 Å². The van der Waals surface area contributed by atoms with E-state index >= 15 is 0 Å². The van der Waals surface area contributed by atoms with E-state index in [0.717, 1.165) is 68.2 Å². The lowest BCUT2D eigenvalue weighted by atomic mass is 9.85. The minimum Gasteiger partial charge on any atom is -0.383 e. The second kappa shape index (κ2) is 8.68. The molecule has 3 aliphatic rings. The molecular formula is C24H30ClN3O3. The lowest BCUT2D eigenvalue weighted by Gasteiger charge is -2.50. The van der Waals surface area contributed by atoms with Gasteiger partial charge in [0.1, 0.15) is 11.7 Å². The molecule has 2 unspecified atom stereocenters. The Morgan fingerprint density at radius 2 is 2.00 bits per heavy atom. The Balaban J connectivity index is 1.09. The monoisotopic (exact) mass is 443 g/mol. The van der Waals surface area contributed by atoms with Crippen molar-refractivity contribution in [3.8, 4) is 0 Å². The van der Waals surface area contributed by atoms with Gasteiger partial charge in [0.25, 0.3) is 0 Å². The van der Waals surface area contributed by atoms with E-state index in [1.165, 1.54) is 0 Å². The molecular weight excluding hydrogens is 414 g/mol. The zero-order valence-corrected chi connectivity index (χ0v) is 18.7. The highest BCUT2D eigenvalue weighted by Gasteiger charge is 2.51. The molecule has 0 radical (unpaired) electrons. The van der Waals surface area contributed by atoms with Crippen molar-refractivity contribution in [2.24, 2.45) is 0 Å². The summed E-state index contributed by atoms with van der Waals surface area (Å²) < 4.78 is 6.41. The zero-order chi connectivity index (χ0) is 21.3. The van der Waals surface area contributed by atoms with Crippen molar-refractivity contribution in [2.75, 3.05) is 18.4 Å². The zero-order valence-electron chi connectivity index (χ0n) is 17.9. The van der Waals surface area contributed by atoms with E-state index in [1.807, 2.05) is 30.5 Å². The Labute approximate surface area is 188 Å². The summed E-state index contributed by atoms with van der Waals surface area (Å²) >= 11 is 6.08. The van der Waals surface area contributed by atoms with E-state index in [9.17, 15) is 0 Å². The lowest BCUT2D eigenvalue weighted by Crippen LogP contribution is -2.58. The number of aromatic nitrogens is 1. The summed E-state index contributed by atoms with van der Waals surface area (Å²) in [5, 5.41) is 8.97. The first-order valence-electron chi connectivity index (χ1n) is 11.3. The molecule has 1 saturated heterocycles. The predicted molar refractivity (Wildman–Crippen MR) is 122 cm³/mol.